The van der Waals surface area contributed by atoms with Crippen molar-refractivity contribution in [2.24, 2.45) is 5.73 Å². The highest BCUT2D eigenvalue weighted by atomic mass is 19.1. The number of carbonyl (C=O) groups is 3. The van der Waals surface area contributed by atoms with Crippen LogP contribution in [0, 0.1) is 11.6 Å². The monoisotopic (exact) mass is 724 g/mol. The molecule has 2 unspecified atom stereocenters. The van der Waals surface area contributed by atoms with Gasteiger partial charge >= 0.3 is 0 Å². The summed E-state index contributed by atoms with van der Waals surface area (Å²) in [6, 6.07) is 29.6. The van der Waals surface area contributed by atoms with Crippen LogP contribution in [0.15, 0.2) is 122 Å². The van der Waals surface area contributed by atoms with E-state index in [2.05, 4.69) is 19.9 Å². The molecule has 5 heterocycles. The molecule has 0 saturated carbocycles. The molecule has 2 amide bonds. The minimum Gasteiger partial charge on any atom is -0.481 e. The number of aliphatic carboxylic acids is 1. The van der Waals surface area contributed by atoms with E-state index in [1.807, 2.05) is 25.1 Å². The van der Waals surface area contributed by atoms with Gasteiger partial charge in [0.1, 0.15) is 11.6 Å². The van der Waals surface area contributed by atoms with Crippen LogP contribution in [0.4, 0.5) is 8.78 Å². The number of fused-ring (bicyclic) bond motifs is 3. The minimum absolute atomic E-state index is 0.247. The highest BCUT2D eigenvalue weighted by Crippen LogP contribution is 2.37. The van der Waals surface area contributed by atoms with Crippen LogP contribution < -0.4 is 5.73 Å². The summed E-state index contributed by atoms with van der Waals surface area (Å²) in [5.41, 5.74) is 12.5. The van der Waals surface area contributed by atoms with Crippen LogP contribution in [-0.4, -0.2) is 47.7 Å². The van der Waals surface area contributed by atoms with Crippen LogP contribution in [0.5, 0.6) is 0 Å². The molecule has 0 spiro atoms. The molecule has 0 aliphatic carbocycles. The van der Waals surface area contributed by atoms with Gasteiger partial charge in [0, 0.05) is 42.0 Å². The second kappa shape index (κ2) is 15.8. The Bertz CT molecular complexity index is 2510. The van der Waals surface area contributed by atoms with Gasteiger partial charge in [-0.25, -0.2) is 18.7 Å². The third kappa shape index (κ3) is 7.55. The van der Waals surface area contributed by atoms with E-state index in [0.717, 1.165) is 23.5 Å². The van der Waals surface area contributed by atoms with E-state index in [1.165, 1.54) is 17.0 Å². The first-order valence-electron chi connectivity index (χ1n) is 16.9. The van der Waals surface area contributed by atoms with Crippen molar-refractivity contribution in [1.29, 1.82) is 0 Å². The number of amides is 2. The smallest absolute Gasteiger partial charge is 0.300 e. The molecule has 3 N–H and O–H groups in total. The van der Waals surface area contributed by atoms with Crippen LogP contribution in [0.25, 0.3) is 44.6 Å². The molecule has 0 radical (unpaired) electrons. The number of carbonyl (C=O) groups excluding carboxylic acids is 2. The van der Waals surface area contributed by atoms with Gasteiger partial charge in [0.25, 0.3) is 17.8 Å². The van der Waals surface area contributed by atoms with Crippen molar-refractivity contribution in [3.8, 4) is 22.5 Å². The number of aromatic nitrogens is 4. The minimum atomic E-state index is -0.833. The first-order chi connectivity index (χ1) is 26.0. The van der Waals surface area contributed by atoms with Gasteiger partial charge in [-0.15, -0.1) is 0 Å². The Balaban J connectivity index is 0.000000179. The zero-order valence-electron chi connectivity index (χ0n) is 29.4. The first kappa shape index (κ1) is 37.0. The number of rotatable bonds is 5. The summed E-state index contributed by atoms with van der Waals surface area (Å²) in [6.07, 6.45) is 3.35. The maximum atomic E-state index is 14.7. The second-order valence-electron chi connectivity index (χ2n) is 12.4. The summed E-state index contributed by atoms with van der Waals surface area (Å²) in [6.45, 7) is 4.69. The number of imide groups is 1. The van der Waals surface area contributed by atoms with Gasteiger partial charge in [-0.2, -0.15) is 0 Å². The normalized spacial score (nSPS) is 13.0. The van der Waals surface area contributed by atoms with Gasteiger partial charge in [0.05, 0.1) is 50.6 Å². The van der Waals surface area contributed by atoms with Crippen molar-refractivity contribution >= 4 is 39.9 Å². The maximum absolute atomic E-state index is 14.7. The Morgan fingerprint density at radius 3 is 1.44 bits per heavy atom. The Morgan fingerprint density at radius 2 is 1.02 bits per heavy atom. The lowest BCUT2D eigenvalue weighted by atomic mass is 9.98. The van der Waals surface area contributed by atoms with E-state index in [9.17, 15) is 18.4 Å². The molecular weight excluding hydrogens is 690 g/mol. The summed E-state index contributed by atoms with van der Waals surface area (Å²) in [5.74, 6) is -2.30. The van der Waals surface area contributed by atoms with Crippen LogP contribution in [-0.2, 0) is 4.79 Å². The quantitative estimate of drug-likeness (QED) is 0.167. The van der Waals surface area contributed by atoms with E-state index in [-0.39, 0.29) is 23.7 Å². The molecule has 1 aliphatic heterocycles. The second-order valence-corrected chi connectivity index (χ2v) is 12.4. The average molecular weight is 725 g/mol. The first-order valence-corrected chi connectivity index (χ1v) is 16.9. The van der Waals surface area contributed by atoms with Crippen LogP contribution >= 0.6 is 0 Å². The van der Waals surface area contributed by atoms with Gasteiger partial charge in [-0.3, -0.25) is 29.3 Å². The van der Waals surface area contributed by atoms with Crippen molar-refractivity contribution in [2.45, 2.75) is 32.9 Å². The molecule has 0 bridgehead atoms. The van der Waals surface area contributed by atoms with Crippen molar-refractivity contribution in [1.82, 2.24) is 24.8 Å². The summed E-state index contributed by atoms with van der Waals surface area (Å²) in [7, 11) is 0. The summed E-state index contributed by atoms with van der Waals surface area (Å²) < 4.78 is 28.7. The number of nitrogens with zero attached hydrogens (tertiary/aromatic N) is 5. The molecule has 0 fully saturated rings. The van der Waals surface area contributed by atoms with Crippen LogP contribution in [0.1, 0.15) is 64.7 Å². The van der Waals surface area contributed by atoms with E-state index < -0.39 is 17.8 Å². The molecule has 270 valence electrons. The zero-order valence-corrected chi connectivity index (χ0v) is 29.4. The fourth-order valence-corrected chi connectivity index (χ4v) is 6.13. The highest BCUT2D eigenvalue weighted by Gasteiger charge is 2.39. The third-order valence-electron chi connectivity index (χ3n) is 8.64. The van der Waals surface area contributed by atoms with E-state index in [0.29, 0.717) is 50.2 Å². The van der Waals surface area contributed by atoms with Gasteiger partial charge in [-0.05, 0) is 92.2 Å². The Labute approximate surface area is 309 Å². The third-order valence-corrected chi connectivity index (χ3v) is 8.64. The predicted molar refractivity (Wildman–Crippen MR) is 201 cm³/mol. The predicted octanol–water partition coefficient (Wildman–Crippen LogP) is 8.34. The molecule has 12 heteroatoms. The Hall–Kier alpha value is -6.79. The van der Waals surface area contributed by atoms with Crippen molar-refractivity contribution in [3.63, 3.8) is 0 Å². The molecule has 3 aromatic carbocycles. The molecule has 2 atom stereocenters. The van der Waals surface area contributed by atoms with Crippen molar-refractivity contribution in [3.05, 3.63) is 155 Å². The fourth-order valence-electron chi connectivity index (χ4n) is 6.13. The van der Waals surface area contributed by atoms with E-state index in [4.69, 9.17) is 15.6 Å². The number of pyridine rings is 4. The van der Waals surface area contributed by atoms with Crippen LogP contribution in [0.2, 0.25) is 0 Å². The van der Waals surface area contributed by atoms with Crippen molar-refractivity contribution < 1.29 is 28.3 Å². The maximum Gasteiger partial charge on any atom is 0.300 e. The van der Waals surface area contributed by atoms with E-state index in [1.54, 1.807) is 98.2 Å². The average Bonchev–Trinajstić information content (AvgIpc) is 3.42. The lowest BCUT2D eigenvalue weighted by Crippen LogP contribution is -2.33. The Kier molecular flexibility index (Phi) is 10.9. The molecule has 8 rings (SSSR count). The topological polar surface area (TPSA) is 152 Å². The standard InChI is InChI=1S/C24H16FN3O2.C16H14FN3.C2H4O2/c1-14(28-23(29)15-7-2-3-8-16(15)24(28)30)18-13-21-20(11-6-12-26-21)27-22(18)17-9-4-5-10-19(17)25;1-10(18)12-9-15-14(7-4-8-19-15)20-16(12)11-5-2-3-6-13(11)17;1-2(3)4/h2-14H,1H3;2-10H,18H2,1H3;1H3,(H,3,4). The molecule has 0 saturated heterocycles. The number of nitrogens with two attached hydrogens (primary N) is 1. The molecule has 7 aromatic rings. The van der Waals surface area contributed by atoms with E-state index >= 15 is 0 Å². The molecule has 1 aliphatic rings. The summed E-state index contributed by atoms with van der Waals surface area (Å²) in [5, 5.41) is 7.42. The largest absolute Gasteiger partial charge is 0.481 e. The number of hydrogen-bond acceptors (Lipinski definition) is 8. The van der Waals surface area contributed by atoms with Crippen molar-refractivity contribution in [2.75, 3.05) is 0 Å². The lowest BCUT2D eigenvalue weighted by molar-refractivity contribution is -0.134. The van der Waals surface area contributed by atoms with Gasteiger partial charge < -0.3 is 10.8 Å². The molecular formula is C42H34F2N6O4. The highest BCUT2D eigenvalue weighted by molar-refractivity contribution is 6.21. The molecule has 4 aromatic heterocycles. The number of carboxylic acid groups (broad SMARTS) is 1. The zero-order chi connectivity index (χ0) is 38.5. The summed E-state index contributed by atoms with van der Waals surface area (Å²) >= 11 is 0. The van der Waals surface area contributed by atoms with Crippen LogP contribution in [0.3, 0.4) is 0 Å². The molecule has 54 heavy (non-hydrogen) atoms. The number of halogens is 2. The SMILES string of the molecule is CC(=O)O.CC(N)c1cc2ncccc2nc1-c1ccccc1F.CC(c1cc2ncccc2nc1-c1ccccc1F)N1C(=O)c2ccccc2C1=O. The number of benzene rings is 3. The Morgan fingerprint density at radius 1 is 0.630 bits per heavy atom. The number of hydrogen-bond donors (Lipinski definition) is 2. The van der Waals surface area contributed by atoms with Gasteiger partial charge in [0.2, 0.25) is 0 Å². The lowest BCUT2D eigenvalue weighted by Gasteiger charge is -2.25. The van der Waals surface area contributed by atoms with Gasteiger partial charge in [-0.1, -0.05) is 36.4 Å². The fraction of sp³-hybridized carbons (Fsp3) is 0.119. The van der Waals surface area contributed by atoms with Gasteiger partial charge in [0.15, 0.2) is 0 Å². The molecule has 10 nitrogen and oxygen atoms in total. The number of carboxylic acids is 1. The summed E-state index contributed by atoms with van der Waals surface area (Å²) in [4.78, 5) is 54.0.